The van der Waals surface area contributed by atoms with Crippen LogP contribution in [-0.2, 0) is 4.79 Å². The lowest BCUT2D eigenvalue weighted by molar-refractivity contribution is -0.122. The van der Waals surface area contributed by atoms with E-state index in [4.69, 9.17) is 34.8 Å². The summed E-state index contributed by atoms with van der Waals surface area (Å²) in [5, 5.41) is 5.72. The molecule has 0 aliphatic carbocycles. The van der Waals surface area contributed by atoms with Gasteiger partial charge in [0.25, 0.3) is 0 Å². The molecule has 0 unspecified atom stereocenters. The van der Waals surface area contributed by atoms with Gasteiger partial charge in [-0.2, -0.15) is 0 Å². The van der Waals surface area contributed by atoms with Crippen LogP contribution in [0.15, 0.2) is 84.9 Å². The summed E-state index contributed by atoms with van der Waals surface area (Å²) in [7, 11) is 0. The third-order valence-electron chi connectivity index (χ3n) is 4.30. The van der Waals surface area contributed by atoms with Crippen LogP contribution in [0.2, 0.25) is 0 Å². The van der Waals surface area contributed by atoms with Crippen LogP contribution >= 0.6 is 34.8 Å². The van der Waals surface area contributed by atoms with Crippen LogP contribution in [-0.4, -0.2) is 15.9 Å². The molecule has 7 heteroatoms. The van der Waals surface area contributed by atoms with E-state index in [1.54, 1.807) is 0 Å². The van der Waals surface area contributed by atoms with Crippen molar-refractivity contribution in [1.29, 1.82) is 0 Å². The second-order valence-corrected chi connectivity index (χ2v) is 8.76. The number of benzene rings is 3. The van der Waals surface area contributed by atoms with E-state index in [0.717, 1.165) is 11.1 Å². The van der Waals surface area contributed by atoms with Gasteiger partial charge in [-0.1, -0.05) is 95.5 Å². The summed E-state index contributed by atoms with van der Waals surface area (Å²) in [6.07, 6.45) is -1.04. The summed E-state index contributed by atoms with van der Waals surface area (Å²) >= 11 is 18.3. The Bertz CT molecular complexity index is 892. The molecule has 3 aromatic carbocycles. The van der Waals surface area contributed by atoms with E-state index in [-0.39, 0.29) is 5.91 Å². The van der Waals surface area contributed by atoms with E-state index in [2.05, 4.69) is 10.6 Å². The zero-order valence-corrected chi connectivity index (χ0v) is 17.4. The molecular formula is C22H18Cl3FN2O. The fourth-order valence-electron chi connectivity index (χ4n) is 2.92. The molecule has 0 aromatic heterocycles. The summed E-state index contributed by atoms with van der Waals surface area (Å²) in [6, 6.07) is 24.2. The van der Waals surface area contributed by atoms with Crippen molar-refractivity contribution in [3.63, 3.8) is 0 Å². The highest BCUT2D eigenvalue weighted by molar-refractivity contribution is 6.68. The molecular weight excluding hydrogens is 434 g/mol. The van der Waals surface area contributed by atoms with Gasteiger partial charge in [0.15, 0.2) is 0 Å². The minimum Gasteiger partial charge on any atom is -0.362 e. The number of carbonyl (C=O) groups excluding carboxylic acids is 1. The number of hydrogen-bond acceptors (Lipinski definition) is 2. The average molecular weight is 452 g/mol. The Balaban J connectivity index is 1.88. The van der Waals surface area contributed by atoms with Gasteiger partial charge < -0.3 is 10.6 Å². The number of rotatable bonds is 6. The Hall–Kier alpha value is -2.27. The van der Waals surface area contributed by atoms with E-state index in [1.165, 1.54) is 24.3 Å². The van der Waals surface area contributed by atoms with Crippen LogP contribution in [0.4, 0.5) is 10.1 Å². The number of carbonyl (C=O) groups is 1. The first-order chi connectivity index (χ1) is 13.8. The zero-order valence-electron chi connectivity index (χ0n) is 15.2. The second kappa shape index (κ2) is 9.49. The average Bonchev–Trinajstić information content (AvgIpc) is 2.70. The van der Waals surface area contributed by atoms with Gasteiger partial charge in [0, 0.05) is 5.69 Å². The van der Waals surface area contributed by atoms with Crippen molar-refractivity contribution in [2.45, 2.75) is 15.9 Å². The fourth-order valence-corrected chi connectivity index (χ4v) is 3.25. The van der Waals surface area contributed by atoms with Crippen LogP contribution < -0.4 is 10.6 Å². The molecule has 0 saturated carbocycles. The Morgan fingerprint density at radius 2 is 1.28 bits per heavy atom. The molecule has 2 N–H and O–H groups in total. The van der Waals surface area contributed by atoms with Crippen molar-refractivity contribution in [2.75, 3.05) is 5.32 Å². The third kappa shape index (κ3) is 5.86. The molecule has 0 fully saturated rings. The van der Waals surface area contributed by atoms with Crippen molar-refractivity contribution in [3.05, 3.63) is 102 Å². The highest BCUT2D eigenvalue weighted by atomic mass is 35.6. The van der Waals surface area contributed by atoms with Gasteiger partial charge in [0.2, 0.25) is 9.70 Å². The Morgan fingerprint density at radius 3 is 1.72 bits per heavy atom. The number of hydrogen-bond donors (Lipinski definition) is 2. The molecule has 1 atom stereocenters. The van der Waals surface area contributed by atoms with Crippen molar-refractivity contribution >= 4 is 46.4 Å². The summed E-state index contributed by atoms with van der Waals surface area (Å²) in [5.74, 6) is -1.33. The van der Waals surface area contributed by atoms with E-state index < -0.39 is 21.7 Å². The standard InChI is InChI=1S/C22H18Cl3FN2O/c23-22(24,25)21(27-18-13-11-17(26)12-14-18)28-20(29)19(15-7-3-1-4-8-15)16-9-5-2-6-10-16/h1-14,19,21,27H,(H,28,29)/t21-/m1/s1. The van der Waals surface area contributed by atoms with E-state index in [1.807, 2.05) is 60.7 Å². The molecule has 0 radical (unpaired) electrons. The van der Waals surface area contributed by atoms with Gasteiger partial charge in [0.05, 0.1) is 5.92 Å². The summed E-state index contributed by atoms with van der Waals surface area (Å²) < 4.78 is 11.3. The highest BCUT2D eigenvalue weighted by Gasteiger charge is 2.36. The van der Waals surface area contributed by atoms with Gasteiger partial charge in [-0.25, -0.2) is 4.39 Å². The normalized spacial score (nSPS) is 12.4. The number of anilines is 1. The van der Waals surface area contributed by atoms with Crippen molar-refractivity contribution in [1.82, 2.24) is 5.32 Å². The third-order valence-corrected chi connectivity index (χ3v) is 4.95. The van der Waals surface area contributed by atoms with E-state index in [0.29, 0.717) is 5.69 Å². The number of halogens is 4. The Morgan fingerprint density at radius 1 is 0.793 bits per heavy atom. The Labute approximate surface area is 183 Å². The predicted molar refractivity (Wildman–Crippen MR) is 117 cm³/mol. The fraction of sp³-hybridized carbons (Fsp3) is 0.136. The molecule has 3 aromatic rings. The SMILES string of the molecule is O=C(N[C@@H](Nc1ccc(F)cc1)C(Cl)(Cl)Cl)C(c1ccccc1)c1ccccc1. The minimum atomic E-state index is -1.85. The predicted octanol–water partition coefficient (Wildman–Crippen LogP) is 5.88. The molecule has 0 spiro atoms. The van der Waals surface area contributed by atoms with Crippen LogP contribution in [0.3, 0.4) is 0 Å². The monoisotopic (exact) mass is 450 g/mol. The molecule has 3 rings (SSSR count). The summed E-state index contributed by atoms with van der Waals surface area (Å²) in [4.78, 5) is 13.3. The minimum absolute atomic E-state index is 0.340. The number of nitrogens with one attached hydrogen (secondary N) is 2. The van der Waals surface area contributed by atoms with Gasteiger partial charge in [0.1, 0.15) is 12.0 Å². The van der Waals surface area contributed by atoms with Crippen LogP contribution in [0.5, 0.6) is 0 Å². The van der Waals surface area contributed by atoms with Crippen LogP contribution in [0.25, 0.3) is 0 Å². The van der Waals surface area contributed by atoms with Gasteiger partial charge in [-0.05, 0) is 35.4 Å². The van der Waals surface area contributed by atoms with E-state index >= 15 is 0 Å². The smallest absolute Gasteiger partial charge is 0.233 e. The van der Waals surface area contributed by atoms with Gasteiger partial charge in [-0.15, -0.1) is 0 Å². The topological polar surface area (TPSA) is 41.1 Å². The number of amides is 1. The lowest BCUT2D eigenvalue weighted by Gasteiger charge is -2.29. The summed E-state index contributed by atoms with van der Waals surface area (Å²) in [5.41, 5.74) is 2.11. The molecule has 1 amide bonds. The quantitative estimate of drug-likeness (QED) is 0.363. The molecule has 0 saturated heterocycles. The molecule has 3 nitrogen and oxygen atoms in total. The van der Waals surface area contributed by atoms with Crippen LogP contribution in [0, 0.1) is 5.82 Å². The van der Waals surface area contributed by atoms with E-state index in [9.17, 15) is 9.18 Å². The first kappa shape index (κ1) is 21.4. The first-order valence-electron chi connectivity index (χ1n) is 8.83. The maximum absolute atomic E-state index is 13.3. The summed E-state index contributed by atoms with van der Waals surface area (Å²) in [6.45, 7) is 0. The maximum Gasteiger partial charge on any atom is 0.233 e. The van der Waals surface area contributed by atoms with Crippen molar-refractivity contribution in [3.8, 4) is 0 Å². The first-order valence-corrected chi connectivity index (χ1v) is 9.97. The lowest BCUT2D eigenvalue weighted by atomic mass is 9.90. The number of alkyl halides is 3. The lowest BCUT2D eigenvalue weighted by Crippen LogP contribution is -2.50. The molecule has 0 heterocycles. The Kier molecular flexibility index (Phi) is 7.01. The van der Waals surface area contributed by atoms with Gasteiger partial charge >= 0.3 is 0 Å². The molecule has 0 bridgehead atoms. The molecule has 29 heavy (non-hydrogen) atoms. The molecule has 0 aliphatic rings. The van der Waals surface area contributed by atoms with Crippen molar-refractivity contribution < 1.29 is 9.18 Å². The van der Waals surface area contributed by atoms with Crippen molar-refractivity contribution in [2.24, 2.45) is 0 Å². The highest BCUT2D eigenvalue weighted by Crippen LogP contribution is 2.32. The van der Waals surface area contributed by atoms with Gasteiger partial charge in [-0.3, -0.25) is 4.79 Å². The molecule has 0 aliphatic heterocycles. The van der Waals surface area contributed by atoms with Crippen LogP contribution in [0.1, 0.15) is 17.0 Å². The zero-order chi connectivity index (χ0) is 20.9. The second-order valence-electron chi connectivity index (χ2n) is 6.39. The maximum atomic E-state index is 13.3. The largest absolute Gasteiger partial charge is 0.362 e. The molecule has 150 valence electrons.